The number of hydrogen-bond donors (Lipinski definition) is 4. The minimum atomic E-state index is -4.41. The van der Waals surface area contributed by atoms with Gasteiger partial charge in [-0.2, -0.15) is 18.3 Å². The summed E-state index contributed by atoms with van der Waals surface area (Å²) in [5, 5.41) is 23.2. The van der Waals surface area contributed by atoms with Gasteiger partial charge in [0.25, 0.3) is 0 Å². The van der Waals surface area contributed by atoms with Crippen LogP contribution >= 0.6 is 22.9 Å². The zero-order valence-electron chi connectivity index (χ0n) is 16.0. The molecule has 0 amide bonds. The molecule has 1 fully saturated rings. The number of aliphatic hydroxyl groups is 1. The van der Waals surface area contributed by atoms with Crippen molar-refractivity contribution in [2.24, 2.45) is 0 Å². The Morgan fingerprint density at radius 2 is 2.16 bits per heavy atom. The van der Waals surface area contributed by atoms with Gasteiger partial charge in [-0.3, -0.25) is 5.10 Å². The van der Waals surface area contributed by atoms with Crippen molar-refractivity contribution in [1.82, 2.24) is 15.5 Å². The largest absolute Gasteiger partial charge is 0.393 e. The van der Waals surface area contributed by atoms with Crippen LogP contribution in [0.25, 0.3) is 16.2 Å². The van der Waals surface area contributed by atoms with Crippen LogP contribution in [0.4, 0.5) is 23.2 Å². The second kappa shape index (κ2) is 8.78. The molecule has 1 unspecified atom stereocenters. The molecule has 1 aliphatic rings. The minimum Gasteiger partial charge on any atom is -0.383 e. The van der Waals surface area contributed by atoms with E-state index in [2.05, 4.69) is 20.8 Å². The van der Waals surface area contributed by atoms with Crippen LogP contribution in [0.2, 0.25) is 5.15 Å². The Hall–Kier alpha value is -2.14. The summed E-state index contributed by atoms with van der Waals surface area (Å²) in [6.45, 7) is 0.672. The summed E-state index contributed by atoms with van der Waals surface area (Å²) >= 11 is 6.89. The number of rotatable bonds is 6. The van der Waals surface area contributed by atoms with E-state index in [-0.39, 0.29) is 17.3 Å². The molecule has 0 spiro atoms. The van der Waals surface area contributed by atoms with E-state index in [9.17, 15) is 22.7 Å². The molecule has 0 bridgehead atoms. The number of nitrogens with one attached hydrogen (secondary N) is 3. The standard InChI is InChI=1S/C20H19ClF4N4OS/c21-18-6-14(28-29-18)16(30)4-5-17-11(7-20(23,24)25)10-2-1-3-13(19(10)31-17)27-15-9-26-8-12(15)22/h1-6,12,15-16,26-27,30H,7-9H2,(H,28,29)/b5-4+/t12-,15+,16?/m0/s1. The molecule has 0 saturated carbocycles. The van der Waals surface area contributed by atoms with Crippen LogP contribution in [0.1, 0.15) is 22.2 Å². The van der Waals surface area contributed by atoms with E-state index < -0.39 is 30.9 Å². The maximum atomic E-state index is 14.0. The first-order chi connectivity index (χ1) is 14.7. The lowest BCUT2D eigenvalue weighted by Gasteiger charge is -2.16. The second-order valence-corrected chi connectivity index (χ2v) is 8.73. The number of benzene rings is 1. The smallest absolute Gasteiger partial charge is 0.383 e. The van der Waals surface area contributed by atoms with E-state index in [4.69, 9.17) is 11.6 Å². The van der Waals surface area contributed by atoms with Gasteiger partial charge in [0.1, 0.15) is 12.3 Å². The zero-order chi connectivity index (χ0) is 22.2. The molecule has 2 aromatic heterocycles. The van der Waals surface area contributed by atoms with Crippen LogP contribution < -0.4 is 10.6 Å². The number of alkyl halides is 4. The number of aromatic nitrogens is 2. The SMILES string of the molecule is OC(/C=C/c1sc2c(N[C@@H]3CNC[C@@H]3F)cccc2c1CC(F)(F)F)c1cc(Cl)n[nH]1. The highest BCUT2D eigenvalue weighted by molar-refractivity contribution is 7.20. The second-order valence-electron chi connectivity index (χ2n) is 7.29. The maximum Gasteiger partial charge on any atom is 0.393 e. The highest BCUT2D eigenvalue weighted by atomic mass is 35.5. The molecule has 4 N–H and O–H groups in total. The molecule has 31 heavy (non-hydrogen) atoms. The average molecular weight is 475 g/mol. The van der Waals surface area contributed by atoms with Gasteiger partial charge in [0.2, 0.25) is 0 Å². The fourth-order valence-corrected chi connectivity index (χ4v) is 4.92. The first kappa shape index (κ1) is 22.1. The quantitative estimate of drug-likeness (QED) is 0.385. The molecule has 3 aromatic rings. The number of halogens is 5. The predicted octanol–water partition coefficient (Wildman–Crippen LogP) is 4.85. The first-order valence-corrected chi connectivity index (χ1v) is 10.7. The third kappa shape index (κ3) is 5.03. The first-order valence-electron chi connectivity index (χ1n) is 9.51. The monoisotopic (exact) mass is 474 g/mol. The van der Waals surface area contributed by atoms with Gasteiger partial charge in [-0.25, -0.2) is 4.39 Å². The van der Waals surface area contributed by atoms with Crippen LogP contribution in [-0.4, -0.2) is 46.8 Å². The third-order valence-electron chi connectivity index (χ3n) is 5.02. The molecule has 0 radical (unpaired) electrons. The lowest BCUT2D eigenvalue weighted by Crippen LogP contribution is -2.29. The fourth-order valence-electron chi connectivity index (χ4n) is 3.55. The summed E-state index contributed by atoms with van der Waals surface area (Å²) in [5.74, 6) is 0. The number of hydrogen-bond acceptors (Lipinski definition) is 5. The molecule has 5 nitrogen and oxygen atoms in total. The van der Waals surface area contributed by atoms with Crippen molar-refractivity contribution in [2.45, 2.75) is 30.9 Å². The van der Waals surface area contributed by atoms with E-state index in [1.54, 1.807) is 18.2 Å². The summed E-state index contributed by atoms with van der Waals surface area (Å²) in [6, 6.07) is 5.99. The van der Waals surface area contributed by atoms with Gasteiger partial charge in [0, 0.05) is 24.0 Å². The van der Waals surface area contributed by atoms with Crippen LogP contribution in [-0.2, 0) is 6.42 Å². The molecule has 3 atom stereocenters. The summed E-state index contributed by atoms with van der Waals surface area (Å²) in [6.07, 6.45) is -4.88. The average Bonchev–Trinajstić information content (AvgIpc) is 3.40. The van der Waals surface area contributed by atoms with Gasteiger partial charge in [0.15, 0.2) is 5.15 Å². The Balaban J connectivity index is 1.71. The summed E-state index contributed by atoms with van der Waals surface area (Å²) < 4.78 is 54.5. The molecule has 0 aliphatic carbocycles. The Kier molecular flexibility index (Phi) is 6.25. The number of aromatic amines is 1. The van der Waals surface area contributed by atoms with Crippen molar-refractivity contribution < 1.29 is 22.7 Å². The van der Waals surface area contributed by atoms with Crippen molar-refractivity contribution in [3.8, 4) is 0 Å². The van der Waals surface area contributed by atoms with E-state index in [0.29, 0.717) is 32.9 Å². The molecule has 166 valence electrons. The van der Waals surface area contributed by atoms with Crippen molar-refractivity contribution >= 4 is 44.8 Å². The molecule has 1 saturated heterocycles. The lowest BCUT2D eigenvalue weighted by molar-refractivity contribution is -0.126. The highest BCUT2D eigenvalue weighted by Crippen LogP contribution is 2.40. The molecule has 4 rings (SSSR count). The number of nitrogens with zero attached hydrogens (tertiary/aromatic N) is 1. The fraction of sp³-hybridized carbons (Fsp3) is 0.350. The predicted molar refractivity (Wildman–Crippen MR) is 114 cm³/mol. The zero-order valence-corrected chi connectivity index (χ0v) is 17.6. The van der Waals surface area contributed by atoms with Crippen molar-refractivity contribution in [1.29, 1.82) is 0 Å². The maximum absolute atomic E-state index is 14.0. The normalized spacial score (nSPS) is 20.7. The number of anilines is 1. The number of thiophene rings is 1. The van der Waals surface area contributed by atoms with Crippen LogP contribution in [0.15, 0.2) is 30.3 Å². The van der Waals surface area contributed by atoms with E-state index >= 15 is 0 Å². The lowest BCUT2D eigenvalue weighted by atomic mass is 10.1. The van der Waals surface area contributed by atoms with Crippen molar-refractivity contribution in [3.63, 3.8) is 0 Å². The van der Waals surface area contributed by atoms with E-state index in [1.165, 1.54) is 18.2 Å². The Morgan fingerprint density at radius 3 is 2.81 bits per heavy atom. The van der Waals surface area contributed by atoms with Crippen molar-refractivity contribution in [3.05, 3.63) is 51.6 Å². The van der Waals surface area contributed by atoms with Gasteiger partial charge in [-0.05, 0) is 29.2 Å². The van der Waals surface area contributed by atoms with Gasteiger partial charge in [0.05, 0.1) is 28.5 Å². The molecule has 1 aromatic carbocycles. The van der Waals surface area contributed by atoms with Gasteiger partial charge < -0.3 is 15.7 Å². The van der Waals surface area contributed by atoms with Crippen LogP contribution in [0, 0.1) is 0 Å². The topological polar surface area (TPSA) is 73.0 Å². The van der Waals surface area contributed by atoms with Gasteiger partial charge in [-0.15, -0.1) is 11.3 Å². The number of H-pyrrole nitrogens is 1. The summed E-state index contributed by atoms with van der Waals surface area (Å²) in [5.41, 5.74) is 1.02. The third-order valence-corrected chi connectivity index (χ3v) is 6.46. The van der Waals surface area contributed by atoms with Crippen LogP contribution in [0.3, 0.4) is 0 Å². The van der Waals surface area contributed by atoms with Crippen molar-refractivity contribution in [2.75, 3.05) is 18.4 Å². The minimum absolute atomic E-state index is 0.114. The highest BCUT2D eigenvalue weighted by Gasteiger charge is 2.32. The Morgan fingerprint density at radius 1 is 1.35 bits per heavy atom. The van der Waals surface area contributed by atoms with Gasteiger partial charge in [-0.1, -0.05) is 23.7 Å². The summed E-state index contributed by atoms with van der Waals surface area (Å²) in [7, 11) is 0. The molecular weight excluding hydrogens is 456 g/mol. The van der Waals surface area contributed by atoms with Crippen LogP contribution in [0.5, 0.6) is 0 Å². The molecule has 3 heterocycles. The summed E-state index contributed by atoms with van der Waals surface area (Å²) in [4.78, 5) is 0.368. The van der Waals surface area contributed by atoms with E-state index in [1.807, 2.05) is 0 Å². The molecule has 1 aliphatic heterocycles. The number of aliphatic hydroxyl groups excluding tert-OH is 1. The molecule has 11 heteroatoms. The Labute approximate surface area is 184 Å². The Bertz CT molecular complexity index is 1100. The number of fused-ring (bicyclic) bond motifs is 1. The van der Waals surface area contributed by atoms with Gasteiger partial charge >= 0.3 is 6.18 Å². The van der Waals surface area contributed by atoms with E-state index in [0.717, 1.165) is 11.3 Å². The molecular formula is C20H19ClF4N4OS.